The summed E-state index contributed by atoms with van der Waals surface area (Å²) in [4.78, 5) is 2.01. The Morgan fingerprint density at radius 1 is 1.36 bits per heavy atom. The Morgan fingerprint density at radius 2 is 1.91 bits per heavy atom. The molecule has 2 N–H and O–H groups in total. The van der Waals surface area contributed by atoms with Crippen LogP contribution < -0.4 is 0 Å². The Kier molecular flexibility index (Phi) is 4.65. The summed E-state index contributed by atoms with van der Waals surface area (Å²) in [6.07, 6.45) is 0.770. The van der Waals surface area contributed by atoms with Gasteiger partial charge in [0.15, 0.2) is 0 Å². The third-order valence-electron chi connectivity index (χ3n) is 1.35. The molecule has 0 bridgehead atoms. The third kappa shape index (κ3) is 7.78. The van der Waals surface area contributed by atoms with Crippen molar-refractivity contribution < 1.29 is 10.2 Å². The first-order valence-corrected chi connectivity index (χ1v) is 3.97. The lowest BCUT2D eigenvalue weighted by atomic mass is 10.1. The number of hydrogen-bond acceptors (Lipinski definition) is 3. The van der Waals surface area contributed by atoms with Gasteiger partial charge in [-0.3, -0.25) is 0 Å². The van der Waals surface area contributed by atoms with E-state index in [0.717, 1.165) is 13.0 Å². The molecule has 0 unspecified atom stereocenters. The van der Waals surface area contributed by atoms with Crippen molar-refractivity contribution in [1.82, 2.24) is 4.90 Å². The van der Waals surface area contributed by atoms with Crippen LogP contribution >= 0.6 is 0 Å². The Bertz CT molecular complexity index is 98.8. The second kappa shape index (κ2) is 4.70. The van der Waals surface area contributed by atoms with Gasteiger partial charge < -0.3 is 15.1 Å². The summed E-state index contributed by atoms with van der Waals surface area (Å²) >= 11 is 0. The molecule has 0 heterocycles. The molecular formula is C8H19NO2. The molecule has 0 saturated heterocycles. The molecule has 0 aromatic rings. The molecule has 3 nitrogen and oxygen atoms in total. The van der Waals surface area contributed by atoms with Crippen molar-refractivity contribution in [3.8, 4) is 0 Å². The van der Waals surface area contributed by atoms with E-state index in [4.69, 9.17) is 5.11 Å². The van der Waals surface area contributed by atoms with Crippen LogP contribution in [-0.4, -0.2) is 47.5 Å². The van der Waals surface area contributed by atoms with E-state index in [9.17, 15) is 5.11 Å². The van der Waals surface area contributed by atoms with Gasteiger partial charge in [0.1, 0.15) is 0 Å². The molecule has 0 aliphatic carbocycles. The van der Waals surface area contributed by atoms with Crippen molar-refractivity contribution in [2.45, 2.75) is 25.9 Å². The van der Waals surface area contributed by atoms with E-state index in [2.05, 4.69) is 0 Å². The first-order chi connectivity index (χ1) is 4.95. The fourth-order valence-electron chi connectivity index (χ4n) is 1.08. The summed E-state index contributed by atoms with van der Waals surface area (Å²) < 4.78 is 0. The molecule has 0 aromatic carbocycles. The van der Waals surface area contributed by atoms with Gasteiger partial charge in [0.25, 0.3) is 0 Å². The number of nitrogens with zero attached hydrogens (tertiary/aromatic N) is 1. The summed E-state index contributed by atoms with van der Waals surface area (Å²) in [7, 11) is 1.94. The van der Waals surface area contributed by atoms with Gasteiger partial charge in [-0.15, -0.1) is 0 Å². The van der Waals surface area contributed by atoms with Crippen molar-refractivity contribution in [3.05, 3.63) is 0 Å². The molecule has 0 saturated carbocycles. The quantitative estimate of drug-likeness (QED) is 0.600. The number of rotatable bonds is 5. The van der Waals surface area contributed by atoms with Gasteiger partial charge in [-0.2, -0.15) is 0 Å². The van der Waals surface area contributed by atoms with E-state index < -0.39 is 5.60 Å². The summed E-state index contributed by atoms with van der Waals surface area (Å²) in [5, 5.41) is 17.9. The summed E-state index contributed by atoms with van der Waals surface area (Å²) in [5.74, 6) is 0. The number of aliphatic hydroxyl groups is 2. The fourth-order valence-corrected chi connectivity index (χ4v) is 1.08. The van der Waals surface area contributed by atoms with Crippen molar-refractivity contribution in [2.24, 2.45) is 0 Å². The van der Waals surface area contributed by atoms with E-state index in [1.54, 1.807) is 13.8 Å². The molecule has 0 radical (unpaired) electrons. The lowest BCUT2D eigenvalue weighted by Gasteiger charge is -2.24. The predicted octanol–water partition coefficient (Wildman–Crippen LogP) is 0.0715. The molecule has 3 heteroatoms. The molecule has 0 atom stereocenters. The average molecular weight is 161 g/mol. The van der Waals surface area contributed by atoms with Crippen molar-refractivity contribution in [1.29, 1.82) is 0 Å². The van der Waals surface area contributed by atoms with Gasteiger partial charge in [0.2, 0.25) is 0 Å². The van der Waals surface area contributed by atoms with Gasteiger partial charge in [-0.25, -0.2) is 0 Å². The fraction of sp³-hybridized carbons (Fsp3) is 1.00. The predicted molar refractivity (Wildman–Crippen MR) is 45.5 cm³/mol. The summed E-state index contributed by atoms with van der Waals surface area (Å²) in [5.41, 5.74) is -0.635. The maximum atomic E-state index is 9.38. The molecule has 0 spiro atoms. The van der Waals surface area contributed by atoms with Crippen molar-refractivity contribution in [3.63, 3.8) is 0 Å². The molecule has 68 valence electrons. The lowest BCUT2D eigenvalue weighted by molar-refractivity contribution is 0.0430. The highest BCUT2D eigenvalue weighted by Crippen LogP contribution is 2.02. The second-order valence-electron chi connectivity index (χ2n) is 3.63. The first-order valence-electron chi connectivity index (χ1n) is 3.97. The highest BCUT2D eigenvalue weighted by molar-refractivity contribution is 4.69. The maximum absolute atomic E-state index is 9.38. The maximum Gasteiger partial charge on any atom is 0.0718 e. The zero-order valence-corrected chi connectivity index (χ0v) is 7.67. The van der Waals surface area contributed by atoms with E-state index >= 15 is 0 Å². The van der Waals surface area contributed by atoms with Gasteiger partial charge in [0.05, 0.1) is 5.60 Å². The molecule has 0 aliphatic rings. The average Bonchev–Trinajstić information content (AvgIpc) is 1.79. The standard InChI is InChI=1S/C8H19NO2/c1-8(2,11)7-9(3)5-4-6-10/h10-11H,4-7H2,1-3H3. The van der Waals surface area contributed by atoms with Gasteiger partial charge in [0, 0.05) is 19.7 Å². The van der Waals surface area contributed by atoms with E-state index in [-0.39, 0.29) is 6.61 Å². The molecular weight excluding hydrogens is 142 g/mol. The summed E-state index contributed by atoms with van der Waals surface area (Å²) in [6.45, 7) is 5.26. The van der Waals surface area contributed by atoms with E-state index in [1.165, 1.54) is 0 Å². The van der Waals surface area contributed by atoms with Crippen molar-refractivity contribution in [2.75, 3.05) is 26.7 Å². The Morgan fingerprint density at radius 3 is 2.27 bits per heavy atom. The van der Waals surface area contributed by atoms with Gasteiger partial charge in [-0.05, 0) is 27.3 Å². The lowest BCUT2D eigenvalue weighted by Crippen LogP contribution is -2.36. The van der Waals surface area contributed by atoms with Crippen LogP contribution in [0.3, 0.4) is 0 Å². The topological polar surface area (TPSA) is 43.7 Å². The van der Waals surface area contributed by atoms with Crippen LogP contribution in [0.15, 0.2) is 0 Å². The minimum absolute atomic E-state index is 0.218. The third-order valence-corrected chi connectivity index (χ3v) is 1.35. The van der Waals surface area contributed by atoms with Gasteiger partial charge >= 0.3 is 0 Å². The van der Waals surface area contributed by atoms with Crippen LogP contribution in [0, 0.1) is 0 Å². The normalized spacial score (nSPS) is 12.5. The second-order valence-corrected chi connectivity index (χ2v) is 3.63. The van der Waals surface area contributed by atoms with Gasteiger partial charge in [-0.1, -0.05) is 0 Å². The highest BCUT2D eigenvalue weighted by atomic mass is 16.3. The van der Waals surface area contributed by atoms with E-state index in [0.29, 0.717) is 6.54 Å². The zero-order chi connectivity index (χ0) is 8.91. The number of likely N-dealkylation sites (N-methyl/N-ethyl adjacent to an activating group) is 1. The van der Waals surface area contributed by atoms with E-state index in [1.807, 2.05) is 11.9 Å². The number of aliphatic hydroxyl groups excluding tert-OH is 1. The van der Waals surface area contributed by atoms with Crippen LogP contribution in [0.1, 0.15) is 20.3 Å². The summed E-state index contributed by atoms with van der Waals surface area (Å²) in [6, 6.07) is 0. The van der Waals surface area contributed by atoms with Crippen LogP contribution in [0.2, 0.25) is 0 Å². The SMILES string of the molecule is CN(CCCO)CC(C)(C)O. The minimum Gasteiger partial charge on any atom is -0.396 e. The Balaban J connectivity index is 3.44. The molecule has 0 amide bonds. The smallest absolute Gasteiger partial charge is 0.0718 e. The molecule has 0 aliphatic heterocycles. The molecule has 0 fully saturated rings. The molecule has 11 heavy (non-hydrogen) atoms. The highest BCUT2D eigenvalue weighted by Gasteiger charge is 2.14. The van der Waals surface area contributed by atoms with Crippen LogP contribution in [0.25, 0.3) is 0 Å². The Labute approximate surface area is 68.6 Å². The Hall–Kier alpha value is -0.120. The first kappa shape index (κ1) is 10.9. The van der Waals surface area contributed by atoms with Crippen LogP contribution in [0.5, 0.6) is 0 Å². The molecule has 0 rings (SSSR count). The van der Waals surface area contributed by atoms with Crippen LogP contribution in [0.4, 0.5) is 0 Å². The minimum atomic E-state index is -0.635. The largest absolute Gasteiger partial charge is 0.396 e. The monoisotopic (exact) mass is 161 g/mol. The number of hydrogen-bond donors (Lipinski definition) is 2. The van der Waals surface area contributed by atoms with Crippen LogP contribution in [-0.2, 0) is 0 Å². The molecule has 0 aromatic heterocycles. The zero-order valence-electron chi connectivity index (χ0n) is 7.67. The van der Waals surface area contributed by atoms with Crippen molar-refractivity contribution >= 4 is 0 Å².